The predicted octanol–water partition coefficient (Wildman–Crippen LogP) is 2.47. The van der Waals surface area contributed by atoms with Crippen LogP contribution in [0.25, 0.3) is 11.4 Å². The van der Waals surface area contributed by atoms with Crippen LogP contribution in [0.5, 0.6) is 0 Å². The maximum absolute atomic E-state index is 4.73. The van der Waals surface area contributed by atoms with Crippen molar-refractivity contribution in [1.29, 1.82) is 0 Å². The van der Waals surface area contributed by atoms with Crippen LogP contribution in [0.4, 0.5) is 0 Å². The molecule has 0 bridgehead atoms. The molecule has 0 radical (unpaired) electrons. The quantitative estimate of drug-likeness (QED) is 0.894. The van der Waals surface area contributed by atoms with Crippen molar-refractivity contribution in [3.8, 4) is 11.4 Å². The molecule has 2 rings (SSSR count). The molecule has 0 amide bonds. The Morgan fingerprint density at radius 2 is 1.94 bits per heavy atom. The second-order valence-electron chi connectivity index (χ2n) is 4.70. The summed E-state index contributed by atoms with van der Waals surface area (Å²) in [5, 5.41) is 3.19. The highest BCUT2D eigenvalue weighted by molar-refractivity contribution is 5.61. The van der Waals surface area contributed by atoms with Gasteiger partial charge in [0.05, 0.1) is 5.69 Å². The Balaban J connectivity index is 2.44. The summed E-state index contributed by atoms with van der Waals surface area (Å²) in [5.74, 6) is 1.07. The first-order valence-electron chi connectivity index (χ1n) is 6.38. The Hall–Kier alpha value is -1.61. The molecular formula is C15H21N3. The van der Waals surface area contributed by atoms with Crippen molar-refractivity contribution < 1.29 is 0 Å². The standard InChI is InChI=1S/C15H21N3/c1-11-7-5-6-8-13(11)15-17-12(2)14(18(15)4)9-10-16-3/h5-8,16H,9-10H2,1-4H3. The molecule has 0 spiro atoms. The zero-order valence-corrected chi connectivity index (χ0v) is 11.6. The van der Waals surface area contributed by atoms with Gasteiger partial charge in [-0.3, -0.25) is 0 Å². The van der Waals surface area contributed by atoms with Gasteiger partial charge in [-0.05, 0) is 26.5 Å². The molecule has 1 aromatic carbocycles. The number of likely N-dealkylation sites (N-methyl/N-ethyl adjacent to an activating group) is 1. The molecule has 3 nitrogen and oxygen atoms in total. The molecule has 0 saturated carbocycles. The van der Waals surface area contributed by atoms with Crippen LogP contribution in [0.3, 0.4) is 0 Å². The summed E-state index contributed by atoms with van der Waals surface area (Å²) in [6.07, 6.45) is 1.01. The van der Waals surface area contributed by atoms with E-state index in [1.54, 1.807) is 0 Å². The van der Waals surface area contributed by atoms with Crippen LogP contribution in [-0.4, -0.2) is 23.1 Å². The second kappa shape index (κ2) is 5.36. The van der Waals surface area contributed by atoms with Gasteiger partial charge in [0.25, 0.3) is 0 Å². The van der Waals surface area contributed by atoms with Gasteiger partial charge in [-0.15, -0.1) is 0 Å². The molecular weight excluding hydrogens is 222 g/mol. The number of benzene rings is 1. The summed E-state index contributed by atoms with van der Waals surface area (Å²) in [6.45, 7) is 5.20. The molecule has 0 saturated heterocycles. The number of hydrogen-bond donors (Lipinski definition) is 1. The summed E-state index contributed by atoms with van der Waals surface area (Å²) in [7, 11) is 4.08. The van der Waals surface area contributed by atoms with Crippen molar-refractivity contribution in [3.63, 3.8) is 0 Å². The second-order valence-corrected chi connectivity index (χ2v) is 4.70. The minimum Gasteiger partial charge on any atom is -0.331 e. The van der Waals surface area contributed by atoms with Crippen LogP contribution >= 0.6 is 0 Å². The first kappa shape index (κ1) is 12.8. The van der Waals surface area contributed by atoms with Crippen LogP contribution in [0.1, 0.15) is 17.0 Å². The lowest BCUT2D eigenvalue weighted by Gasteiger charge is -2.08. The first-order valence-corrected chi connectivity index (χ1v) is 6.38. The molecule has 96 valence electrons. The Kier molecular flexibility index (Phi) is 3.82. The van der Waals surface area contributed by atoms with Crippen molar-refractivity contribution in [3.05, 3.63) is 41.2 Å². The van der Waals surface area contributed by atoms with Gasteiger partial charge in [0, 0.05) is 31.3 Å². The fourth-order valence-electron chi connectivity index (χ4n) is 2.33. The molecule has 0 aliphatic rings. The zero-order chi connectivity index (χ0) is 13.1. The van der Waals surface area contributed by atoms with Crippen molar-refractivity contribution in [2.45, 2.75) is 20.3 Å². The molecule has 1 N–H and O–H groups in total. The first-order chi connectivity index (χ1) is 8.65. The Labute approximate surface area is 109 Å². The van der Waals surface area contributed by atoms with Gasteiger partial charge >= 0.3 is 0 Å². The molecule has 0 atom stereocenters. The summed E-state index contributed by atoms with van der Waals surface area (Å²) < 4.78 is 2.22. The zero-order valence-electron chi connectivity index (χ0n) is 11.6. The Bertz CT molecular complexity index is 541. The van der Waals surface area contributed by atoms with Crippen LogP contribution in [0, 0.1) is 13.8 Å². The van der Waals surface area contributed by atoms with Gasteiger partial charge in [-0.1, -0.05) is 24.3 Å². The number of aromatic nitrogens is 2. The number of imidazole rings is 1. The van der Waals surface area contributed by atoms with E-state index in [2.05, 4.69) is 55.0 Å². The van der Waals surface area contributed by atoms with Crippen LogP contribution in [0.2, 0.25) is 0 Å². The third-order valence-electron chi connectivity index (χ3n) is 3.41. The molecule has 1 heterocycles. The summed E-state index contributed by atoms with van der Waals surface area (Å²) in [6, 6.07) is 8.40. The van der Waals surface area contributed by atoms with Crippen molar-refractivity contribution >= 4 is 0 Å². The normalized spacial score (nSPS) is 10.9. The maximum atomic E-state index is 4.73. The van der Waals surface area contributed by atoms with E-state index in [4.69, 9.17) is 4.98 Å². The van der Waals surface area contributed by atoms with Gasteiger partial charge < -0.3 is 9.88 Å². The number of nitrogens with zero attached hydrogens (tertiary/aromatic N) is 2. The highest BCUT2D eigenvalue weighted by Gasteiger charge is 2.13. The lowest BCUT2D eigenvalue weighted by molar-refractivity contribution is 0.736. The van der Waals surface area contributed by atoms with Crippen LogP contribution in [0.15, 0.2) is 24.3 Å². The lowest BCUT2D eigenvalue weighted by atomic mass is 10.1. The average molecular weight is 243 g/mol. The minimum atomic E-state index is 0.980. The van der Waals surface area contributed by atoms with E-state index in [0.717, 1.165) is 24.5 Å². The summed E-state index contributed by atoms with van der Waals surface area (Å²) >= 11 is 0. The summed E-state index contributed by atoms with van der Waals surface area (Å²) in [4.78, 5) is 4.73. The fraction of sp³-hybridized carbons (Fsp3) is 0.400. The van der Waals surface area contributed by atoms with E-state index in [-0.39, 0.29) is 0 Å². The van der Waals surface area contributed by atoms with E-state index in [0.29, 0.717) is 0 Å². The van der Waals surface area contributed by atoms with Crippen molar-refractivity contribution in [2.75, 3.05) is 13.6 Å². The van der Waals surface area contributed by atoms with Gasteiger partial charge in [-0.25, -0.2) is 4.98 Å². The van der Waals surface area contributed by atoms with Crippen molar-refractivity contribution in [1.82, 2.24) is 14.9 Å². The van der Waals surface area contributed by atoms with E-state index in [1.165, 1.54) is 16.8 Å². The average Bonchev–Trinajstić information content (AvgIpc) is 2.63. The van der Waals surface area contributed by atoms with Gasteiger partial charge in [0.2, 0.25) is 0 Å². The number of hydrogen-bond acceptors (Lipinski definition) is 2. The molecule has 0 fully saturated rings. The van der Waals surface area contributed by atoms with Crippen LogP contribution in [-0.2, 0) is 13.5 Å². The summed E-state index contributed by atoms with van der Waals surface area (Å²) in [5.41, 5.74) is 4.93. The molecule has 0 unspecified atom stereocenters. The monoisotopic (exact) mass is 243 g/mol. The molecule has 3 heteroatoms. The fourth-order valence-corrected chi connectivity index (χ4v) is 2.33. The lowest BCUT2D eigenvalue weighted by Crippen LogP contribution is -2.13. The molecule has 0 aliphatic carbocycles. The molecule has 1 aromatic heterocycles. The maximum Gasteiger partial charge on any atom is 0.140 e. The topological polar surface area (TPSA) is 29.9 Å². The van der Waals surface area contributed by atoms with E-state index in [1.807, 2.05) is 7.05 Å². The molecule has 18 heavy (non-hydrogen) atoms. The van der Waals surface area contributed by atoms with Gasteiger partial charge in [0.1, 0.15) is 5.82 Å². The largest absolute Gasteiger partial charge is 0.331 e. The van der Waals surface area contributed by atoms with Crippen molar-refractivity contribution in [2.24, 2.45) is 7.05 Å². The number of aryl methyl sites for hydroxylation is 2. The van der Waals surface area contributed by atoms with E-state index >= 15 is 0 Å². The smallest absolute Gasteiger partial charge is 0.140 e. The Morgan fingerprint density at radius 3 is 2.61 bits per heavy atom. The highest BCUT2D eigenvalue weighted by atomic mass is 15.1. The molecule has 2 aromatic rings. The predicted molar refractivity (Wildman–Crippen MR) is 75.7 cm³/mol. The Morgan fingerprint density at radius 1 is 1.22 bits per heavy atom. The van der Waals surface area contributed by atoms with Gasteiger partial charge in [0.15, 0.2) is 0 Å². The van der Waals surface area contributed by atoms with E-state index in [9.17, 15) is 0 Å². The highest BCUT2D eigenvalue weighted by Crippen LogP contribution is 2.24. The SMILES string of the molecule is CNCCc1c(C)nc(-c2ccccc2C)n1C. The third-order valence-corrected chi connectivity index (χ3v) is 3.41. The third kappa shape index (κ3) is 2.31. The molecule has 0 aliphatic heterocycles. The van der Waals surface area contributed by atoms with Gasteiger partial charge in [-0.2, -0.15) is 0 Å². The minimum absolute atomic E-state index is 0.980. The van der Waals surface area contributed by atoms with Crippen LogP contribution < -0.4 is 5.32 Å². The number of nitrogens with one attached hydrogen (secondary N) is 1. The number of rotatable bonds is 4. The van der Waals surface area contributed by atoms with E-state index < -0.39 is 0 Å².